The Morgan fingerprint density at radius 3 is 2.54 bits per heavy atom. The molecular weight excluding hydrogens is 324 g/mol. The van der Waals surface area contributed by atoms with Gasteiger partial charge >= 0.3 is 0 Å². The number of rotatable bonds is 6. The lowest BCUT2D eigenvalue weighted by Gasteiger charge is -2.35. The van der Waals surface area contributed by atoms with Crippen molar-refractivity contribution in [3.8, 4) is 0 Å². The first-order valence-corrected chi connectivity index (χ1v) is 10.5. The lowest BCUT2D eigenvalue weighted by Crippen LogP contribution is -2.45. The number of amides is 1. The van der Waals surface area contributed by atoms with Crippen molar-refractivity contribution in [2.24, 2.45) is 0 Å². The van der Waals surface area contributed by atoms with Gasteiger partial charge in [-0.05, 0) is 31.2 Å². The minimum absolute atomic E-state index is 0.0286. The third-order valence-corrected chi connectivity index (χ3v) is 6.92. The SMILES string of the molecule is O=C1CCCN1CCC1CCCCN1S(=O)(=O)Cc1ccccc1. The Labute approximate surface area is 144 Å². The van der Waals surface area contributed by atoms with E-state index in [1.165, 1.54) is 0 Å². The molecule has 2 aliphatic rings. The molecule has 2 aliphatic heterocycles. The monoisotopic (exact) mass is 350 g/mol. The predicted octanol–water partition coefficient (Wildman–Crippen LogP) is 2.38. The van der Waals surface area contributed by atoms with Crippen LogP contribution in [-0.2, 0) is 20.6 Å². The van der Waals surface area contributed by atoms with Crippen LogP contribution in [0.5, 0.6) is 0 Å². The molecule has 0 bridgehead atoms. The van der Waals surface area contributed by atoms with E-state index in [-0.39, 0.29) is 17.7 Å². The molecule has 2 fully saturated rings. The molecule has 1 atom stereocenters. The number of likely N-dealkylation sites (tertiary alicyclic amines) is 1. The maximum Gasteiger partial charge on any atom is 0.222 e. The molecule has 24 heavy (non-hydrogen) atoms. The van der Waals surface area contributed by atoms with Crippen LogP contribution in [-0.4, -0.2) is 49.2 Å². The van der Waals surface area contributed by atoms with Crippen LogP contribution in [0.25, 0.3) is 0 Å². The molecule has 0 aliphatic carbocycles. The number of piperidine rings is 1. The molecule has 1 aromatic rings. The quantitative estimate of drug-likeness (QED) is 0.791. The Bertz CT molecular complexity index is 660. The van der Waals surface area contributed by atoms with Crippen molar-refractivity contribution in [3.63, 3.8) is 0 Å². The fourth-order valence-electron chi connectivity index (χ4n) is 3.74. The second-order valence-electron chi connectivity index (χ2n) is 6.78. The summed E-state index contributed by atoms with van der Waals surface area (Å²) in [5.74, 6) is 0.275. The molecule has 1 unspecified atom stereocenters. The third-order valence-electron chi connectivity index (χ3n) is 5.03. The fraction of sp³-hybridized carbons (Fsp3) is 0.611. The zero-order valence-electron chi connectivity index (χ0n) is 14.1. The van der Waals surface area contributed by atoms with Crippen molar-refractivity contribution < 1.29 is 13.2 Å². The Hall–Kier alpha value is -1.40. The first-order chi connectivity index (χ1) is 11.6. The normalized spacial score (nSPS) is 22.9. The zero-order valence-corrected chi connectivity index (χ0v) is 14.9. The van der Waals surface area contributed by atoms with E-state index in [1.807, 2.05) is 35.2 Å². The summed E-state index contributed by atoms with van der Waals surface area (Å²) in [5.41, 5.74) is 0.830. The maximum atomic E-state index is 12.9. The van der Waals surface area contributed by atoms with E-state index in [1.54, 1.807) is 4.31 Å². The first kappa shape index (κ1) is 17.4. The highest BCUT2D eigenvalue weighted by Crippen LogP contribution is 2.25. The molecule has 0 aromatic heterocycles. The highest BCUT2D eigenvalue weighted by molar-refractivity contribution is 7.88. The van der Waals surface area contributed by atoms with Crippen LogP contribution < -0.4 is 0 Å². The van der Waals surface area contributed by atoms with E-state index in [4.69, 9.17) is 0 Å². The van der Waals surface area contributed by atoms with E-state index in [9.17, 15) is 13.2 Å². The Morgan fingerprint density at radius 1 is 1.04 bits per heavy atom. The summed E-state index contributed by atoms with van der Waals surface area (Å²) in [6.07, 6.45) is 5.21. The van der Waals surface area contributed by atoms with Gasteiger partial charge in [-0.3, -0.25) is 4.79 Å². The van der Waals surface area contributed by atoms with E-state index < -0.39 is 10.0 Å². The van der Waals surface area contributed by atoms with E-state index in [0.29, 0.717) is 19.5 Å². The van der Waals surface area contributed by atoms with Crippen molar-refractivity contribution in [2.75, 3.05) is 19.6 Å². The third kappa shape index (κ3) is 4.16. The predicted molar refractivity (Wildman–Crippen MR) is 93.8 cm³/mol. The molecule has 3 rings (SSSR count). The van der Waals surface area contributed by atoms with Crippen LogP contribution >= 0.6 is 0 Å². The fourth-order valence-corrected chi connectivity index (χ4v) is 5.59. The van der Waals surface area contributed by atoms with E-state index >= 15 is 0 Å². The summed E-state index contributed by atoms with van der Waals surface area (Å²) in [4.78, 5) is 13.6. The van der Waals surface area contributed by atoms with Gasteiger partial charge in [0.25, 0.3) is 0 Å². The van der Waals surface area contributed by atoms with Crippen molar-refractivity contribution >= 4 is 15.9 Å². The van der Waals surface area contributed by atoms with Gasteiger partial charge in [0, 0.05) is 32.1 Å². The summed E-state index contributed by atoms with van der Waals surface area (Å²) in [7, 11) is -3.31. The topological polar surface area (TPSA) is 57.7 Å². The van der Waals surface area contributed by atoms with Crippen LogP contribution in [0.4, 0.5) is 0 Å². The number of nitrogens with zero attached hydrogens (tertiary/aromatic N) is 2. The lowest BCUT2D eigenvalue weighted by molar-refractivity contribution is -0.127. The molecule has 6 heteroatoms. The van der Waals surface area contributed by atoms with Gasteiger partial charge in [-0.15, -0.1) is 0 Å². The van der Waals surface area contributed by atoms with Crippen molar-refractivity contribution in [3.05, 3.63) is 35.9 Å². The average molecular weight is 350 g/mol. The summed E-state index contributed by atoms with van der Waals surface area (Å²) in [6.45, 7) is 2.11. The Balaban J connectivity index is 1.65. The molecular formula is C18H26N2O3S. The molecule has 0 saturated carbocycles. The number of carbonyl (C=O) groups excluding carboxylic acids is 1. The average Bonchev–Trinajstić information content (AvgIpc) is 2.99. The van der Waals surface area contributed by atoms with Crippen LogP contribution in [0.15, 0.2) is 30.3 Å². The number of carbonyl (C=O) groups is 1. The van der Waals surface area contributed by atoms with Crippen LogP contribution in [0, 0.1) is 0 Å². The molecule has 5 nitrogen and oxygen atoms in total. The Kier molecular flexibility index (Phi) is 5.56. The lowest BCUT2D eigenvalue weighted by atomic mass is 10.0. The van der Waals surface area contributed by atoms with Gasteiger partial charge in [-0.2, -0.15) is 4.31 Å². The summed E-state index contributed by atoms with van der Waals surface area (Å²) < 4.78 is 27.4. The van der Waals surface area contributed by atoms with Gasteiger partial charge in [0.1, 0.15) is 0 Å². The number of sulfonamides is 1. The number of benzene rings is 1. The van der Waals surface area contributed by atoms with Gasteiger partial charge < -0.3 is 4.90 Å². The minimum atomic E-state index is -3.31. The minimum Gasteiger partial charge on any atom is -0.343 e. The van der Waals surface area contributed by atoms with Gasteiger partial charge in [0.15, 0.2) is 0 Å². The molecule has 0 N–H and O–H groups in total. The molecule has 1 aromatic carbocycles. The summed E-state index contributed by atoms with van der Waals surface area (Å²) in [6, 6.07) is 9.39. The molecule has 0 spiro atoms. The highest BCUT2D eigenvalue weighted by Gasteiger charge is 2.33. The van der Waals surface area contributed by atoms with Crippen molar-refractivity contribution in [2.45, 2.75) is 50.3 Å². The maximum absolute atomic E-state index is 12.9. The molecule has 132 valence electrons. The molecule has 2 saturated heterocycles. The van der Waals surface area contributed by atoms with Crippen LogP contribution in [0.3, 0.4) is 0 Å². The van der Waals surface area contributed by atoms with Gasteiger partial charge in [0.05, 0.1) is 5.75 Å². The number of hydrogen-bond acceptors (Lipinski definition) is 3. The van der Waals surface area contributed by atoms with Crippen molar-refractivity contribution in [1.29, 1.82) is 0 Å². The highest BCUT2D eigenvalue weighted by atomic mass is 32.2. The second-order valence-corrected chi connectivity index (χ2v) is 8.70. The molecule has 2 heterocycles. The molecule has 0 radical (unpaired) electrons. The standard InChI is InChI=1S/C18H26N2O3S/c21-18-10-6-12-19(18)14-11-17-9-4-5-13-20(17)24(22,23)15-16-7-2-1-3-8-16/h1-3,7-8,17H,4-6,9-15H2. The molecule has 1 amide bonds. The summed E-state index contributed by atoms with van der Waals surface area (Å²) in [5, 5.41) is 0. The van der Waals surface area contributed by atoms with Gasteiger partial charge in [0.2, 0.25) is 15.9 Å². The first-order valence-electron chi connectivity index (χ1n) is 8.87. The zero-order chi connectivity index (χ0) is 17.0. The van der Waals surface area contributed by atoms with Crippen molar-refractivity contribution in [1.82, 2.24) is 9.21 Å². The van der Waals surface area contributed by atoms with Crippen LogP contribution in [0.2, 0.25) is 0 Å². The van der Waals surface area contributed by atoms with Gasteiger partial charge in [-0.25, -0.2) is 8.42 Å². The smallest absolute Gasteiger partial charge is 0.222 e. The van der Waals surface area contributed by atoms with E-state index in [2.05, 4.69) is 0 Å². The summed E-state index contributed by atoms with van der Waals surface area (Å²) >= 11 is 0. The van der Waals surface area contributed by atoms with E-state index in [0.717, 1.165) is 44.2 Å². The largest absolute Gasteiger partial charge is 0.343 e. The second kappa shape index (κ2) is 7.66. The number of hydrogen-bond donors (Lipinski definition) is 0. The Morgan fingerprint density at radius 2 is 1.83 bits per heavy atom. The van der Waals surface area contributed by atoms with Gasteiger partial charge in [-0.1, -0.05) is 36.8 Å². The van der Waals surface area contributed by atoms with Crippen LogP contribution in [0.1, 0.15) is 44.1 Å².